The summed E-state index contributed by atoms with van der Waals surface area (Å²) in [7, 11) is 2.19. The van der Waals surface area contributed by atoms with Gasteiger partial charge in [-0.05, 0) is 26.5 Å². The highest BCUT2D eigenvalue weighted by Crippen LogP contribution is 2.08. The maximum atomic E-state index is 4.16. The largest absolute Gasteiger partial charge is 0.370 e. The van der Waals surface area contributed by atoms with E-state index in [0.717, 1.165) is 18.8 Å². The minimum absolute atomic E-state index is 0.632. The highest BCUT2D eigenvalue weighted by Gasteiger charge is 2.18. The Morgan fingerprint density at radius 2 is 2.11 bits per heavy atom. The molecule has 0 spiro atoms. The summed E-state index contributed by atoms with van der Waals surface area (Å²) in [6.45, 7) is 8.02. The minimum atomic E-state index is 0.632. The van der Waals surface area contributed by atoms with Crippen LogP contribution in [0.4, 0.5) is 5.82 Å². The van der Waals surface area contributed by atoms with E-state index in [1.807, 2.05) is 6.07 Å². The summed E-state index contributed by atoms with van der Waals surface area (Å²) < 4.78 is 0. The molecule has 1 aromatic rings. The topological polar surface area (TPSA) is 44.3 Å². The molecule has 2 rings (SSSR count). The van der Waals surface area contributed by atoms with Gasteiger partial charge in [0, 0.05) is 45.0 Å². The van der Waals surface area contributed by atoms with Crippen molar-refractivity contribution in [2.24, 2.45) is 0 Å². The second kappa shape index (κ2) is 6.66. The van der Waals surface area contributed by atoms with Crippen LogP contribution in [-0.4, -0.2) is 65.6 Å². The molecule has 0 amide bonds. The molecule has 1 aliphatic rings. The van der Waals surface area contributed by atoms with Crippen LogP contribution >= 0.6 is 0 Å². The first-order chi connectivity index (χ1) is 8.75. The van der Waals surface area contributed by atoms with Gasteiger partial charge in [0.1, 0.15) is 12.1 Å². The Labute approximate surface area is 109 Å². The highest BCUT2D eigenvalue weighted by molar-refractivity contribution is 5.31. The van der Waals surface area contributed by atoms with Crippen molar-refractivity contribution in [1.82, 2.24) is 19.8 Å². The first-order valence-corrected chi connectivity index (χ1v) is 6.68. The van der Waals surface area contributed by atoms with E-state index >= 15 is 0 Å². The fraction of sp³-hybridized carbons (Fsp3) is 0.692. The highest BCUT2D eigenvalue weighted by atomic mass is 15.3. The Kier molecular flexibility index (Phi) is 4.90. The van der Waals surface area contributed by atoms with Crippen LogP contribution in [0.1, 0.15) is 13.3 Å². The van der Waals surface area contributed by atoms with Gasteiger partial charge in [-0.1, -0.05) is 0 Å². The molecule has 5 nitrogen and oxygen atoms in total. The molecule has 2 heterocycles. The average molecular weight is 249 g/mol. The van der Waals surface area contributed by atoms with Crippen molar-refractivity contribution in [3.63, 3.8) is 0 Å². The van der Waals surface area contributed by atoms with Crippen molar-refractivity contribution in [3.05, 3.63) is 18.6 Å². The van der Waals surface area contributed by atoms with Crippen LogP contribution in [0.25, 0.3) is 0 Å². The van der Waals surface area contributed by atoms with E-state index in [-0.39, 0.29) is 0 Å². The third kappa shape index (κ3) is 3.92. The van der Waals surface area contributed by atoms with Crippen molar-refractivity contribution < 1.29 is 0 Å². The van der Waals surface area contributed by atoms with Crippen LogP contribution in [0.3, 0.4) is 0 Å². The summed E-state index contributed by atoms with van der Waals surface area (Å²) in [6.07, 6.45) is 4.49. The summed E-state index contributed by atoms with van der Waals surface area (Å²) in [4.78, 5) is 13.0. The van der Waals surface area contributed by atoms with Gasteiger partial charge in [0.05, 0.1) is 0 Å². The summed E-state index contributed by atoms with van der Waals surface area (Å²) in [5, 5.41) is 3.34. The quantitative estimate of drug-likeness (QED) is 0.840. The van der Waals surface area contributed by atoms with E-state index < -0.39 is 0 Å². The van der Waals surface area contributed by atoms with Crippen LogP contribution in [0.15, 0.2) is 18.6 Å². The van der Waals surface area contributed by atoms with Crippen molar-refractivity contribution >= 4 is 5.82 Å². The van der Waals surface area contributed by atoms with Crippen molar-refractivity contribution in [1.29, 1.82) is 0 Å². The van der Waals surface area contributed by atoms with Gasteiger partial charge in [0.25, 0.3) is 0 Å². The Balaban J connectivity index is 1.67. The molecule has 1 aliphatic heterocycles. The molecule has 0 unspecified atom stereocenters. The minimum Gasteiger partial charge on any atom is -0.370 e. The predicted molar refractivity (Wildman–Crippen MR) is 73.7 cm³/mol. The van der Waals surface area contributed by atoms with Gasteiger partial charge in [-0.3, -0.25) is 4.90 Å². The second-order valence-corrected chi connectivity index (χ2v) is 5.00. The molecule has 1 aromatic heterocycles. The smallest absolute Gasteiger partial charge is 0.129 e. The first kappa shape index (κ1) is 13.2. The zero-order valence-corrected chi connectivity index (χ0v) is 11.3. The average Bonchev–Trinajstić information content (AvgIpc) is 2.40. The number of anilines is 1. The summed E-state index contributed by atoms with van der Waals surface area (Å²) >= 11 is 0. The van der Waals surface area contributed by atoms with Crippen LogP contribution in [0, 0.1) is 0 Å². The molecule has 0 bridgehead atoms. The molecule has 0 aliphatic carbocycles. The van der Waals surface area contributed by atoms with Crippen molar-refractivity contribution in [3.8, 4) is 0 Å². The van der Waals surface area contributed by atoms with E-state index in [0.29, 0.717) is 6.04 Å². The third-order valence-electron chi connectivity index (χ3n) is 3.61. The Morgan fingerprint density at radius 3 is 2.78 bits per heavy atom. The summed E-state index contributed by atoms with van der Waals surface area (Å²) in [6, 6.07) is 2.54. The molecule has 0 radical (unpaired) electrons. The van der Waals surface area contributed by atoms with E-state index in [1.54, 1.807) is 12.5 Å². The molecular weight excluding hydrogens is 226 g/mol. The number of nitrogens with zero attached hydrogens (tertiary/aromatic N) is 4. The van der Waals surface area contributed by atoms with E-state index in [1.165, 1.54) is 26.2 Å². The molecule has 1 atom stereocenters. The zero-order valence-electron chi connectivity index (χ0n) is 11.3. The van der Waals surface area contributed by atoms with Crippen LogP contribution < -0.4 is 5.32 Å². The van der Waals surface area contributed by atoms with E-state index in [4.69, 9.17) is 0 Å². The van der Waals surface area contributed by atoms with Gasteiger partial charge in [-0.2, -0.15) is 0 Å². The third-order valence-corrected chi connectivity index (χ3v) is 3.61. The normalized spacial score (nSPS) is 19.7. The molecule has 100 valence electrons. The van der Waals surface area contributed by atoms with Gasteiger partial charge in [-0.15, -0.1) is 0 Å². The lowest BCUT2D eigenvalue weighted by atomic mass is 10.1. The number of likely N-dealkylation sites (N-methyl/N-ethyl adjacent to an activating group) is 1. The second-order valence-electron chi connectivity index (χ2n) is 5.00. The van der Waals surface area contributed by atoms with Gasteiger partial charge in [0.2, 0.25) is 0 Å². The molecule has 5 heteroatoms. The Bertz CT molecular complexity index is 334. The monoisotopic (exact) mass is 249 g/mol. The van der Waals surface area contributed by atoms with Crippen molar-refractivity contribution in [2.45, 2.75) is 19.4 Å². The maximum absolute atomic E-state index is 4.16. The Hall–Kier alpha value is -1.20. The molecule has 1 N–H and O–H groups in total. The summed E-state index contributed by atoms with van der Waals surface area (Å²) in [5.41, 5.74) is 0. The molecule has 1 saturated heterocycles. The maximum Gasteiger partial charge on any atom is 0.129 e. The lowest BCUT2D eigenvalue weighted by Crippen LogP contribution is -2.48. The first-order valence-electron chi connectivity index (χ1n) is 6.68. The summed E-state index contributed by atoms with van der Waals surface area (Å²) in [5.74, 6) is 0.913. The van der Waals surface area contributed by atoms with Gasteiger partial charge in [-0.25, -0.2) is 9.97 Å². The number of aromatic nitrogens is 2. The number of piperazine rings is 1. The number of hydrogen-bond acceptors (Lipinski definition) is 5. The molecule has 0 saturated carbocycles. The zero-order chi connectivity index (χ0) is 12.8. The lowest BCUT2D eigenvalue weighted by Gasteiger charge is -2.36. The van der Waals surface area contributed by atoms with Gasteiger partial charge >= 0.3 is 0 Å². The SMILES string of the molecule is C[C@@H](CCNc1ccncn1)N1CCN(C)CC1. The van der Waals surface area contributed by atoms with E-state index in [9.17, 15) is 0 Å². The molecule has 1 fully saturated rings. The number of hydrogen-bond donors (Lipinski definition) is 1. The Morgan fingerprint density at radius 1 is 1.33 bits per heavy atom. The van der Waals surface area contributed by atoms with Gasteiger partial charge in [0.15, 0.2) is 0 Å². The van der Waals surface area contributed by atoms with Crippen molar-refractivity contribution in [2.75, 3.05) is 45.1 Å². The fourth-order valence-electron chi connectivity index (χ4n) is 2.25. The van der Waals surface area contributed by atoms with Crippen LogP contribution in [-0.2, 0) is 0 Å². The van der Waals surface area contributed by atoms with E-state index in [2.05, 4.69) is 39.1 Å². The van der Waals surface area contributed by atoms with Crippen LogP contribution in [0.2, 0.25) is 0 Å². The predicted octanol–water partition coefficient (Wildman–Crippen LogP) is 0.914. The molecule has 0 aromatic carbocycles. The lowest BCUT2D eigenvalue weighted by molar-refractivity contribution is 0.116. The number of nitrogens with one attached hydrogen (secondary N) is 1. The van der Waals surface area contributed by atoms with Crippen LogP contribution in [0.5, 0.6) is 0 Å². The standard InChI is InChI=1S/C13H23N5/c1-12(18-9-7-17(2)8-10-18)3-6-15-13-4-5-14-11-16-13/h4-5,11-12H,3,6-10H2,1-2H3,(H,14,15,16)/t12-/m0/s1. The van der Waals surface area contributed by atoms with Gasteiger partial charge < -0.3 is 10.2 Å². The molecule has 18 heavy (non-hydrogen) atoms. The molecular formula is C13H23N5. The fourth-order valence-corrected chi connectivity index (χ4v) is 2.25. The number of rotatable bonds is 5.